The van der Waals surface area contributed by atoms with Crippen LogP contribution in [-0.4, -0.2) is 52.3 Å². The van der Waals surface area contributed by atoms with Crippen LogP contribution >= 0.6 is 7.82 Å². The number of phosphoric acid groups is 1. The summed E-state index contributed by atoms with van der Waals surface area (Å²) in [5.41, 5.74) is -2.37. The van der Waals surface area contributed by atoms with Gasteiger partial charge in [-0.3, -0.25) is 0 Å². The van der Waals surface area contributed by atoms with E-state index in [2.05, 4.69) is 10.1 Å². The van der Waals surface area contributed by atoms with E-state index in [0.29, 0.717) is 0 Å². The largest absolute Gasteiger partial charge is 0.658 e. The maximum atomic E-state index is 12.3. The number of nitrogens with zero attached hydrogens (tertiary/aromatic N) is 1. The first-order chi connectivity index (χ1) is 9.89. The molecule has 0 fully saturated rings. The molecule has 0 atom stereocenters. The Balaban J connectivity index is 0. The van der Waals surface area contributed by atoms with Gasteiger partial charge in [-0.15, -0.1) is 12.6 Å². The minimum atomic E-state index is -4.74. The van der Waals surface area contributed by atoms with E-state index in [-0.39, 0.29) is 6.04 Å². The van der Waals surface area contributed by atoms with Gasteiger partial charge in [0.2, 0.25) is 0 Å². The van der Waals surface area contributed by atoms with Crippen LogP contribution in [0.3, 0.4) is 0 Å². The van der Waals surface area contributed by atoms with Crippen LogP contribution in [0.5, 0.6) is 0 Å². The molecule has 6 nitrogen and oxygen atoms in total. The molecular formula is C10H19F6NO5P-. The first kappa shape index (κ1) is 24.9. The molecule has 0 aliphatic rings. The van der Waals surface area contributed by atoms with E-state index < -0.39 is 45.2 Å². The summed E-state index contributed by atoms with van der Waals surface area (Å²) in [6.07, 6.45) is -12.8. The maximum absolute atomic E-state index is 12.3. The molecule has 142 valence electrons. The van der Waals surface area contributed by atoms with Gasteiger partial charge in [0.25, 0.3) is 0 Å². The number of hydrogen-bond donors (Lipinski definition) is 3. The highest BCUT2D eigenvalue weighted by Crippen LogP contribution is 2.39. The standard InChI is InChI=1S/C10H16F6NO.H3O4P/c1-7(2)17-6-8(18-3,4-9(11,12)13)5-10(14,15)16;1-5(2,3)4/h7H,4-6H2,1-3H3;(H3,1,2,3,4)/q-1;. The Morgan fingerprint density at radius 3 is 1.48 bits per heavy atom. The lowest BCUT2D eigenvalue weighted by Crippen LogP contribution is -2.44. The summed E-state index contributed by atoms with van der Waals surface area (Å²) in [5.74, 6) is 0. The summed E-state index contributed by atoms with van der Waals surface area (Å²) in [5, 5.41) is 3.71. The summed E-state index contributed by atoms with van der Waals surface area (Å²) < 4.78 is 87.5. The lowest BCUT2D eigenvalue weighted by atomic mass is 9.94. The van der Waals surface area contributed by atoms with E-state index in [1.165, 1.54) is 0 Å². The van der Waals surface area contributed by atoms with Crippen LogP contribution in [0, 0.1) is 0 Å². The zero-order valence-corrected chi connectivity index (χ0v) is 13.4. The van der Waals surface area contributed by atoms with E-state index >= 15 is 0 Å². The molecule has 13 heteroatoms. The molecule has 0 aromatic carbocycles. The van der Waals surface area contributed by atoms with Gasteiger partial charge < -0.3 is 24.7 Å². The smallest absolute Gasteiger partial charge is 0.466 e. The van der Waals surface area contributed by atoms with E-state index in [0.717, 1.165) is 7.11 Å². The minimum absolute atomic E-state index is 0.360. The van der Waals surface area contributed by atoms with Gasteiger partial charge in [0.1, 0.15) is 0 Å². The van der Waals surface area contributed by atoms with Crippen molar-refractivity contribution in [1.82, 2.24) is 0 Å². The van der Waals surface area contributed by atoms with Gasteiger partial charge in [0, 0.05) is 7.11 Å². The number of hydrogen-bond acceptors (Lipinski definition) is 2. The highest BCUT2D eigenvalue weighted by atomic mass is 31.2. The van der Waals surface area contributed by atoms with Crippen molar-refractivity contribution in [2.45, 2.75) is 50.7 Å². The molecule has 0 radical (unpaired) electrons. The maximum Gasteiger partial charge on any atom is 0.466 e. The first-order valence-corrected chi connectivity index (χ1v) is 7.59. The molecule has 0 saturated heterocycles. The topological polar surface area (TPSA) is 101 Å². The molecule has 0 amide bonds. The number of rotatable bonds is 6. The average Bonchev–Trinajstić information content (AvgIpc) is 2.19. The van der Waals surface area contributed by atoms with Crippen molar-refractivity contribution in [2.24, 2.45) is 0 Å². The number of methoxy groups -OCH3 is 1. The average molecular weight is 378 g/mol. The third kappa shape index (κ3) is 19.6. The quantitative estimate of drug-likeness (QED) is 0.487. The molecule has 0 rings (SSSR count). The summed E-state index contributed by atoms with van der Waals surface area (Å²) >= 11 is 0. The Morgan fingerprint density at radius 1 is 1.00 bits per heavy atom. The monoisotopic (exact) mass is 378 g/mol. The summed E-state index contributed by atoms with van der Waals surface area (Å²) in [7, 11) is -3.80. The van der Waals surface area contributed by atoms with Crippen LogP contribution in [0.2, 0.25) is 0 Å². The molecular weight excluding hydrogens is 359 g/mol. The highest BCUT2D eigenvalue weighted by Gasteiger charge is 2.47. The van der Waals surface area contributed by atoms with Crippen LogP contribution < -0.4 is 0 Å². The second kappa shape index (κ2) is 9.19. The van der Waals surface area contributed by atoms with Crippen LogP contribution in [0.25, 0.3) is 5.32 Å². The number of alkyl halides is 6. The number of halogens is 6. The SMILES string of the molecule is COC(C[N-]C(C)C)(CC(F)(F)F)CC(F)(F)F.O=P(O)(O)O. The van der Waals surface area contributed by atoms with Gasteiger partial charge in [0.05, 0.1) is 18.4 Å². The second-order valence-electron chi connectivity index (χ2n) is 4.92. The Bertz CT molecular complexity index is 357. The van der Waals surface area contributed by atoms with Gasteiger partial charge >= 0.3 is 20.2 Å². The fourth-order valence-corrected chi connectivity index (χ4v) is 1.46. The molecule has 0 aliphatic carbocycles. The summed E-state index contributed by atoms with van der Waals surface area (Å²) in [6.45, 7) is 2.50. The summed E-state index contributed by atoms with van der Waals surface area (Å²) in [4.78, 5) is 21.6. The van der Waals surface area contributed by atoms with Gasteiger partial charge in [-0.25, -0.2) is 4.57 Å². The van der Waals surface area contributed by atoms with Crippen molar-refractivity contribution in [3.8, 4) is 0 Å². The van der Waals surface area contributed by atoms with Gasteiger partial charge in [-0.1, -0.05) is 13.8 Å². The van der Waals surface area contributed by atoms with Crippen LogP contribution in [-0.2, 0) is 9.30 Å². The highest BCUT2D eigenvalue weighted by molar-refractivity contribution is 7.45. The lowest BCUT2D eigenvalue weighted by molar-refractivity contribution is -0.219. The van der Waals surface area contributed by atoms with Gasteiger partial charge in [-0.2, -0.15) is 26.3 Å². The van der Waals surface area contributed by atoms with Crippen molar-refractivity contribution >= 4 is 7.82 Å². The van der Waals surface area contributed by atoms with Crippen molar-refractivity contribution in [2.75, 3.05) is 13.7 Å². The third-order valence-electron chi connectivity index (χ3n) is 2.22. The number of ether oxygens (including phenoxy) is 1. The normalized spacial score (nSPS) is 13.8. The molecule has 3 N–H and O–H groups in total. The van der Waals surface area contributed by atoms with Crippen LogP contribution in [0.4, 0.5) is 26.3 Å². The van der Waals surface area contributed by atoms with Crippen LogP contribution in [0.15, 0.2) is 0 Å². The van der Waals surface area contributed by atoms with Gasteiger partial charge in [0.15, 0.2) is 0 Å². The zero-order chi connectivity index (χ0) is 19.1. The molecule has 0 aliphatic heterocycles. The Kier molecular flexibility index (Phi) is 9.93. The zero-order valence-electron chi connectivity index (χ0n) is 12.5. The van der Waals surface area contributed by atoms with Crippen molar-refractivity contribution < 1.29 is 50.3 Å². The van der Waals surface area contributed by atoms with E-state index in [4.69, 9.17) is 19.2 Å². The molecule has 0 heterocycles. The predicted octanol–water partition coefficient (Wildman–Crippen LogP) is 3.13. The van der Waals surface area contributed by atoms with Crippen molar-refractivity contribution in [1.29, 1.82) is 0 Å². The minimum Gasteiger partial charge on any atom is -0.658 e. The van der Waals surface area contributed by atoms with E-state index in [1.54, 1.807) is 13.8 Å². The molecule has 0 saturated carbocycles. The van der Waals surface area contributed by atoms with Crippen LogP contribution in [0.1, 0.15) is 26.7 Å². The molecule has 23 heavy (non-hydrogen) atoms. The first-order valence-electron chi connectivity index (χ1n) is 6.03. The van der Waals surface area contributed by atoms with Gasteiger partial charge in [-0.05, 0) is 0 Å². The second-order valence-corrected chi connectivity index (χ2v) is 5.95. The molecule has 0 bridgehead atoms. The molecule has 0 spiro atoms. The Labute approximate surface area is 129 Å². The fraction of sp³-hybridized carbons (Fsp3) is 1.00. The summed E-state index contributed by atoms with van der Waals surface area (Å²) in [6, 6.07) is -0.360. The fourth-order valence-electron chi connectivity index (χ4n) is 1.46. The van der Waals surface area contributed by atoms with Crippen molar-refractivity contribution in [3.05, 3.63) is 5.32 Å². The molecule has 0 aromatic heterocycles. The lowest BCUT2D eigenvalue weighted by Gasteiger charge is -2.41. The molecule has 0 unspecified atom stereocenters. The van der Waals surface area contributed by atoms with E-state index in [1.807, 2.05) is 0 Å². The Morgan fingerprint density at radius 2 is 1.30 bits per heavy atom. The molecule has 0 aromatic rings. The van der Waals surface area contributed by atoms with Crippen molar-refractivity contribution in [3.63, 3.8) is 0 Å². The predicted molar refractivity (Wildman–Crippen MR) is 68.7 cm³/mol. The Hall–Kier alpha value is -0.390. The van der Waals surface area contributed by atoms with E-state index in [9.17, 15) is 26.3 Å². The third-order valence-corrected chi connectivity index (χ3v) is 2.22.